The molecule has 0 aliphatic carbocycles. The van der Waals surface area contributed by atoms with Gasteiger partial charge in [0.05, 0.1) is 6.54 Å². The Balaban J connectivity index is 1.91. The summed E-state index contributed by atoms with van der Waals surface area (Å²) in [5, 5.41) is 11.7. The molecule has 2 heterocycles. The van der Waals surface area contributed by atoms with Crippen molar-refractivity contribution in [2.45, 2.75) is 33.7 Å². The maximum Gasteiger partial charge on any atom is 0.160 e. The van der Waals surface area contributed by atoms with Crippen LogP contribution in [0.15, 0.2) is 24.4 Å². The van der Waals surface area contributed by atoms with E-state index in [-0.39, 0.29) is 0 Å². The highest BCUT2D eigenvalue weighted by Crippen LogP contribution is 2.16. The molecule has 92 valence electrons. The highest BCUT2D eigenvalue weighted by atomic mass is 15.3. The van der Waals surface area contributed by atoms with Gasteiger partial charge < -0.3 is 5.32 Å². The monoisotopic (exact) mass is 232 g/mol. The van der Waals surface area contributed by atoms with Gasteiger partial charge in [0.1, 0.15) is 0 Å². The first-order valence-corrected chi connectivity index (χ1v) is 6.06. The van der Waals surface area contributed by atoms with Crippen LogP contribution in [0.2, 0.25) is 0 Å². The zero-order chi connectivity index (χ0) is 12.3. The van der Waals surface area contributed by atoms with E-state index in [4.69, 9.17) is 0 Å². The van der Waals surface area contributed by atoms with Gasteiger partial charge in [-0.25, -0.2) is 0 Å². The first-order valence-electron chi connectivity index (χ1n) is 6.06. The average Bonchev–Trinajstić information content (AvgIpc) is 2.67. The molecule has 0 unspecified atom stereocenters. The second-order valence-corrected chi connectivity index (χ2v) is 5.53. The van der Waals surface area contributed by atoms with Gasteiger partial charge in [-0.05, 0) is 30.5 Å². The molecular formula is C13H20N4. The first-order chi connectivity index (χ1) is 8.06. The van der Waals surface area contributed by atoms with Crippen LogP contribution in [0.5, 0.6) is 0 Å². The minimum Gasteiger partial charge on any atom is -0.310 e. The number of hydrogen-bond acceptors (Lipinski definition) is 3. The maximum atomic E-state index is 4.18. The van der Waals surface area contributed by atoms with Crippen LogP contribution in [0.3, 0.4) is 0 Å². The Morgan fingerprint density at radius 3 is 2.82 bits per heavy atom. The lowest BCUT2D eigenvalue weighted by Gasteiger charge is -2.17. The Morgan fingerprint density at radius 2 is 2.06 bits per heavy atom. The van der Waals surface area contributed by atoms with Crippen molar-refractivity contribution >= 4 is 5.65 Å². The van der Waals surface area contributed by atoms with Crippen LogP contribution in [-0.2, 0) is 6.54 Å². The largest absolute Gasteiger partial charge is 0.310 e. The number of hydrogen-bond donors (Lipinski definition) is 1. The second kappa shape index (κ2) is 4.84. The lowest BCUT2D eigenvalue weighted by atomic mass is 9.92. The fourth-order valence-electron chi connectivity index (χ4n) is 1.68. The van der Waals surface area contributed by atoms with E-state index in [2.05, 4.69) is 36.3 Å². The maximum absolute atomic E-state index is 4.18. The summed E-state index contributed by atoms with van der Waals surface area (Å²) in [7, 11) is 0. The lowest BCUT2D eigenvalue weighted by molar-refractivity contribution is 0.365. The molecule has 0 spiro atoms. The Kier molecular flexibility index (Phi) is 3.43. The van der Waals surface area contributed by atoms with Crippen LogP contribution < -0.4 is 5.32 Å². The molecule has 4 nitrogen and oxygen atoms in total. The number of nitrogens with zero attached hydrogens (tertiary/aromatic N) is 3. The molecule has 0 atom stereocenters. The van der Waals surface area contributed by atoms with E-state index < -0.39 is 0 Å². The summed E-state index contributed by atoms with van der Waals surface area (Å²) < 4.78 is 2.02. The third kappa shape index (κ3) is 3.27. The van der Waals surface area contributed by atoms with Crippen molar-refractivity contribution in [3.8, 4) is 0 Å². The van der Waals surface area contributed by atoms with E-state index in [1.165, 1.54) is 0 Å². The van der Waals surface area contributed by atoms with Gasteiger partial charge in [-0.1, -0.05) is 26.8 Å². The summed E-state index contributed by atoms with van der Waals surface area (Å²) in [4.78, 5) is 0. The van der Waals surface area contributed by atoms with Gasteiger partial charge in [-0.3, -0.25) is 4.40 Å². The number of rotatable bonds is 4. The minimum atomic E-state index is 0.375. The van der Waals surface area contributed by atoms with Gasteiger partial charge in [0.25, 0.3) is 0 Å². The zero-order valence-corrected chi connectivity index (χ0v) is 10.8. The molecule has 0 bridgehead atoms. The number of nitrogens with one attached hydrogen (secondary N) is 1. The van der Waals surface area contributed by atoms with E-state index in [0.717, 1.165) is 31.0 Å². The van der Waals surface area contributed by atoms with Gasteiger partial charge in [-0.2, -0.15) is 0 Å². The summed E-state index contributed by atoms with van der Waals surface area (Å²) in [5.74, 6) is 0.967. The summed E-state index contributed by atoms with van der Waals surface area (Å²) in [6.45, 7) is 8.52. The van der Waals surface area contributed by atoms with Gasteiger partial charge in [0.15, 0.2) is 11.5 Å². The molecule has 0 aliphatic rings. The predicted molar refractivity (Wildman–Crippen MR) is 68.8 cm³/mol. The molecule has 2 rings (SSSR count). The summed E-state index contributed by atoms with van der Waals surface area (Å²) >= 11 is 0. The van der Waals surface area contributed by atoms with Crippen LogP contribution in [0.1, 0.15) is 33.0 Å². The lowest BCUT2D eigenvalue weighted by Crippen LogP contribution is -2.21. The molecule has 4 heteroatoms. The third-order valence-electron chi connectivity index (χ3n) is 2.72. The molecule has 2 aromatic rings. The van der Waals surface area contributed by atoms with E-state index in [9.17, 15) is 0 Å². The van der Waals surface area contributed by atoms with Crippen molar-refractivity contribution < 1.29 is 0 Å². The van der Waals surface area contributed by atoms with E-state index in [1.807, 2.05) is 28.8 Å². The molecule has 1 N–H and O–H groups in total. The van der Waals surface area contributed by atoms with Crippen molar-refractivity contribution in [3.63, 3.8) is 0 Å². The topological polar surface area (TPSA) is 42.2 Å². The van der Waals surface area contributed by atoms with E-state index in [1.54, 1.807) is 0 Å². The number of fused-ring (bicyclic) bond motifs is 1. The average molecular weight is 232 g/mol. The molecular weight excluding hydrogens is 212 g/mol. The molecule has 0 saturated carbocycles. The van der Waals surface area contributed by atoms with E-state index >= 15 is 0 Å². The SMILES string of the molecule is CC(C)(C)CCNCc1nnc2ccccn12. The minimum absolute atomic E-state index is 0.375. The van der Waals surface area contributed by atoms with Gasteiger partial charge in [0.2, 0.25) is 0 Å². The Hall–Kier alpha value is -1.42. The van der Waals surface area contributed by atoms with Crippen molar-refractivity contribution in [2.75, 3.05) is 6.54 Å². The van der Waals surface area contributed by atoms with Gasteiger partial charge in [-0.15, -0.1) is 10.2 Å². The summed E-state index contributed by atoms with van der Waals surface area (Å²) in [6.07, 6.45) is 3.15. The first kappa shape index (κ1) is 12.0. The Morgan fingerprint density at radius 1 is 1.24 bits per heavy atom. The second-order valence-electron chi connectivity index (χ2n) is 5.53. The van der Waals surface area contributed by atoms with Crippen LogP contribution in [-0.4, -0.2) is 21.1 Å². The molecule has 0 fully saturated rings. The number of aromatic nitrogens is 3. The normalized spacial score (nSPS) is 12.2. The molecule has 0 amide bonds. The van der Waals surface area contributed by atoms with Crippen LogP contribution in [0.4, 0.5) is 0 Å². The van der Waals surface area contributed by atoms with E-state index in [0.29, 0.717) is 5.41 Å². The predicted octanol–water partition coefficient (Wildman–Crippen LogP) is 2.26. The fourth-order valence-corrected chi connectivity index (χ4v) is 1.68. The zero-order valence-electron chi connectivity index (χ0n) is 10.8. The van der Waals surface area contributed by atoms with Crippen LogP contribution in [0.25, 0.3) is 5.65 Å². The van der Waals surface area contributed by atoms with Crippen molar-refractivity contribution in [3.05, 3.63) is 30.2 Å². The smallest absolute Gasteiger partial charge is 0.160 e. The van der Waals surface area contributed by atoms with Crippen molar-refractivity contribution in [1.29, 1.82) is 0 Å². The fraction of sp³-hybridized carbons (Fsp3) is 0.538. The van der Waals surface area contributed by atoms with Gasteiger partial charge in [0, 0.05) is 6.20 Å². The Bertz CT molecular complexity index is 481. The summed E-state index contributed by atoms with van der Waals surface area (Å²) in [5.41, 5.74) is 1.28. The van der Waals surface area contributed by atoms with Gasteiger partial charge >= 0.3 is 0 Å². The molecule has 0 aliphatic heterocycles. The third-order valence-corrected chi connectivity index (χ3v) is 2.72. The van der Waals surface area contributed by atoms with Crippen LogP contribution >= 0.6 is 0 Å². The van der Waals surface area contributed by atoms with Crippen molar-refractivity contribution in [2.24, 2.45) is 5.41 Å². The molecule has 2 aromatic heterocycles. The standard InChI is InChI=1S/C13H20N4/c1-13(2,3)7-8-14-10-12-16-15-11-6-4-5-9-17(11)12/h4-6,9,14H,7-8,10H2,1-3H3. The molecule has 17 heavy (non-hydrogen) atoms. The summed E-state index contributed by atoms with van der Waals surface area (Å²) in [6, 6.07) is 5.93. The quantitative estimate of drug-likeness (QED) is 0.822. The van der Waals surface area contributed by atoms with Crippen molar-refractivity contribution in [1.82, 2.24) is 19.9 Å². The highest BCUT2D eigenvalue weighted by molar-refractivity contribution is 5.36. The Labute approximate surface area is 102 Å². The molecule has 0 aromatic carbocycles. The van der Waals surface area contributed by atoms with Crippen LogP contribution in [0, 0.1) is 5.41 Å². The highest BCUT2D eigenvalue weighted by Gasteiger charge is 2.09. The number of pyridine rings is 1. The molecule has 0 saturated heterocycles. The molecule has 0 radical (unpaired) electrons.